The van der Waals surface area contributed by atoms with Crippen LogP contribution in [0.4, 0.5) is 5.69 Å². The van der Waals surface area contributed by atoms with Crippen molar-refractivity contribution in [2.75, 3.05) is 11.9 Å². The summed E-state index contributed by atoms with van der Waals surface area (Å²) < 4.78 is 10.0. The minimum absolute atomic E-state index is 0. The van der Waals surface area contributed by atoms with Gasteiger partial charge in [0.05, 0.1) is 0 Å². The van der Waals surface area contributed by atoms with Gasteiger partial charge in [-0.1, -0.05) is 55.3 Å². The second kappa shape index (κ2) is 10.3. The summed E-state index contributed by atoms with van der Waals surface area (Å²) in [5.74, 6) is 0.660. The molecule has 4 nitrogen and oxygen atoms in total. The Balaban J connectivity index is 0.00000289. The average Bonchev–Trinajstić information content (AvgIpc) is 3.63. The van der Waals surface area contributed by atoms with Gasteiger partial charge in [-0.2, -0.15) is 29.5 Å². The van der Waals surface area contributed by atoms with Gasteiger partial charge in [-0.05, 0) is 64.1 Å². The van der Waals surface area contributed by atoms with Crippen molar-refractivity contribution in [3.8, 4) is 22.1 Å². The molecular weight excluding hydrogens is 714 g/mol. The van der Waals surface area contributed by atoms with Gasteiger partial charge in [-0.25, -0.2) is 0 Å². The molecule has 0 amide bonds. The third kappa shape index (κ3) is 4.83. The first kappa shape index (κ1) is 27.0. The van der Waals surface area contributed by atoms with Gasteiger partial charge in [0.1, 0.15) is 5.06 Å². The number of nitrogens with zero attached hydrogens (tertiary/aromatic N) is 3. The molecule has 3 aromatic heterocycles. The van der Waals surface area contributed by atoms with Gasteiger partial charge in [-0.15, -0.1) is 41.3 Å². The Bertz CT molecular complexity index is 1900. The van der Waals surface area contributed by atoms with Crippen LogP contribution in [0.3, 0.4) is 0 Å². The Hall–Kier alpha value is -3.18. The van der Waals surface area contributed by atoms with Crippen molar-refractivity contribution in [3.05, 3.63) is 104 Å². The van der Waals surface area contributed by atoms with Gasteiger partial charge in [0, 0.05) is 43.4 Å². The van der Waals surface area contributed by atoms with E-state index in [9.17, 15) is 0 Å². The first-order valence-electron chi connectivity index (χ1n) is 12.8. The molecule has 40 heavy (non-hydrogen) atoms. The van der Waals surface area contributed by atoms with E-state index in [1.165, 1.54) is 25.7 Å². The number of benzene rings is 3. The van der Waals surface area contributed by atoms with Crippen LogP contribution in [0, 0.1) is 18.8 Å². The van der Waals surface area contributed by atoms with Crippen LogP contribution in [0.1, 0.15) is 26.3 Å². The third-order valence-electron chi connectivity index (χ3n) is 6.95. The van der Waals surface area contributed by atoms with E-state index in [0.29, 0.717) is 10.8 Å². The predicted molar refractivity (Wildman–Crippen MR) is 165 cm³/mol. The van der Waals surface area contributed by atoms with Crippen LogP contribution in [0.15, 0.2) is 79.3 Å². The maximum atomic E-state index is 6.36. The fourth-order valence-corrected chi connectivity index (χ4v) is 7.09. The summed E-state index contributed by atoms with van der Waals surface area (Å²) in [7, 11) is 2.00. The van der Waals surface area contributed by atoms with E-state index in [0.717, 1.165) is 27.0 Å². The topological polar surface area (TPSA) is 28.6 Å². The van der Waals surface area contributed by atoms with Gasteiger partial charge in [0.2, 0.25) is 0 Å². The summed E-state index contributed by atoms with van der Waals surface area (Å²) in [6.07, 6.45) is 5.93. The molecule has 0 atom stereocenters. The Morgan fingerprint density at radius 2 is 1.75 bits per heavy atom. The molecule has 3 aromatic carbocycles. The van der Waals surface area contributed by atoms with Crippen molar-refractivity contribution in [2.45, 2.75) is 26.2 Å². The van der Waals surface area contributed by atoms with Crippen LogP contribution >= 0.6 is 22.7 Å². The maximum Gasteiger partial charge on any atom is 0.107 e. The van der Waals surface area contributed by atoms with E-state index in [1.807, 2.05) is 71.6 Å². The van der Waals surface area contributed by atoms with Crippen molar-refractivity contribution in [1.29, 1.82) is 0 Å². The van der Waals surface area contributed by atoms with Crippen LogP contribution in [-0.4, -0.2) is 16.9 Å². The number of hydrogen-bond acceptors (Lipinski definition) is 6. The van der Waals surface area contributed by atoms with Gasteiger partial charge in [-0.3, -0.25) is 4.98 Å². The summed E-state index contributed by atoms with van der Waals surface area (Å²) >= 11 is 3.43. The Kier molecular flexibility index (Phi) is 6.98. The standard InChI is InChI=1S/C33H26N3OS2.Pt/c1-33(2,3)21-12-13-34-27(16-21)31-26-19-30(37-23-9-7-8-22(17-23)36-15-14-35(4)20-36)38-29(26)18-25-24-10-5-6-11-28(24)39-32(25)31;/h5-16,18,20H,1-4H3;/q-3;. The molecule has 0 aliphatic carbocycles. The number of aromatic nitrogens is 1. The SMILES string of the molecule is CN1C=CN(c2[c-]c(Oc3[c-]c4c(-c5cc(C(C)(C)C)ccn5)c5sc6ccccc6c5cc4s3)ccc2)[CH-]1.[Pt]. The second-order valence-corrected chi connectivity index (χ2v) is 12.8. The summed E-state index contributed by atoms with van der Waals surface area (Å²) in [5, 5.41) is 4.27. The summed E-state index contributed by atoms with van der Waals surface area (Å²) in [6, 6.07) is 28.2. The van der Waals surface area contributed by atoms with Crippen molar-refractivity contribution >= 4 is 58.6 Å². The molecule has 0 radical (unpaired) electrons. The fourth-order valence-electron chi connectivity index (χ4n) is 4.93. The molecule has 1 aliphatic heterocycles. The molecule has 1 aliphatic rings. The number of rotatable bonds is 4. The molecule has 0 spiro atoms. The molecule has 0 fully saturated rings. The average molecular weight is 740 g/mol. The minimum Gasteiger partial charge on any atom is -0.510 e. The second-order valence-electron chi connectivity index (χ2n) is 10.8. The van der Waals surface area contributed by atoms with Crippen molar-refractivity contribution in [2.24, 2.45) is 0 Å². The Labute approximate surface area is 256 Å². The maximum absolute atomic E-state index is 6.36. The summed E-state index contributed by atoms with van der Waals surface area (Å²) in [4.78, 5) is 8.89. The van der Waals surface area contributed by atoms with Gasteiger partial charge in [0.15, 0.2) is 0 Å². The predicted octanol–water partition coefficient (Wildman–Crippen LogP) is 9.36. The zero-order valence-electron chi connectivity index (χ0n) is 22.5. The minimum atomic E-state index is 0. The van der Waals surface area contributed by atoms with E-state index < -0.39 is 0 Å². The van der Waals surface area contributed by atoms with E-state index in [1.54, 1.807) is 11.3 Å². The van der Waals surface area contributed by atoms with Gasteiger partial charge in [0.25, 0.3) is 0 Å². The molecule has 0 saturated heterocycles. The molecule has 0 saturated carbocycles. The van der Waals surface area contributed by atoms with Crippen molar-refractivity contribution in [1.82, 2.24) is 9.88 Å². The largest absolute Gasteiger partial charge is 0.510 e. The zero-order valence-corrected chi connectivity index (χ0v) is 26.4. The number of fused-ring (bicyclic) bond motifs is 4. The summed E-state index contributed by atoms with van der Waals surface area (Å²) in [5.41, 5.74) is 4.30. The molecular formula is C33H26N3OPtS2-3. The molecule has 6 aromatic rings. The molecule has 7 rings (SSSR count). The smallest absolute Gasteiger partial charge is 0.107 e. The van der Waals surface area contributed by atoms with E-state index in [2.05, 4.69) is 75.4 Å². The molecule has 0 bridgehead atoms. The van der Waals surface area contributed by atoms with Gasteiger partial charge >= 0.3 is 0 Å². The molecule has 0 N–H and O–H groups in total. The van der Waals surface area contributed by atoms with Crippen LogP contribution in [0.25, 0.3) is 41.5 Å². The Morgan fingerprint density at radius 1 is 0.900 bits per heavy atom. The quantitative estimate of drug-likeness (QED) is 0.169. The van der Waals surface area contributed by atoms with Crippen molar-refractivity contribution in [3.63, 3.8) is 0 Å². The third-order valence-corrected chi connectivity index (χ3v) is 9.06. The van der Waals surface area contributed by atoms with Crippen molar-refractivity contribution < 1.29 is 25.8 Å². The molecule has 0 unspecified atom stereocenters. The number of ether oxygens (including phenoxy) is 1. The number of thiophene rings is 2. The van der Waals surface area contributed by atoms with Crippen LogP contribution < -0.4 is 9.64 Å². The first-order valence-corrected chi connectivity index (χ1v) is 14.5. The zero-order chi connectivity index (χ0) is 26.7. The normalized spacial score (nSPS) is 13.5. The van der Waals surface area contributed by atoms with E-state index in [-0.39, 0.29) is 26.5 Å². The monoisotopic (exact) mass is 739 g/mol. The van der Waals surface area contributed by atoms with Crippen LogP contribution in [-0.2, 0) is 26.5 Å². The fraction of sp³-hybridized carbons (Fsp3) is 0.152. The summed E-state index contributed by atoms with van der Waals surface area (Å²) in [6.45, 7) is 8.72. The van der Waals surface area contributed by atoms with E-state index >= 15 is 0 Å². The van der Waals surface area contributed by atoms with Gasteiger partial charge < -0.3 is 14.5 Å². The number of pyridine rings is 1. The Morgan fingerprint density at radius 3 is 2.55 bits per heavy atom. The molecule has 204 valence electrons. The van der Waals surface area contributed by atoms with Crippen LogP contribution in [0.2, 0.25) is 0 Å². The van der Waals surface area contributed by atoms with E-state index in [4.69, 9.17) is 9.72 Å². The van der Waals surface area contributed by atoms with Crippen LogP contribution in [0.5, 0.6) is 10.8 Å². The molecule has 4 heterocycles. The number of anilines is 1. The molecule has 7 heteroatoms. The number of hydrogen-bond donors (Lipinski definition) is 0. The first-order chi connectivity index (χ1) is 18.8.